The molecule has 0 aliphatic carbocycles. The molecule has 1 N–H and O–H groups in total. The number of nitrogens with zero attached hydrogens (tertiary/aromatic N) is 2. The van der Waals surface area contributed by atoms with Gasteiger partial charge >= 0.3 is 0 Å². The zero-order valence-corrected chi connectivity index (χ0v) is 11.0. The van der Waals surface area contributed by atoms with Gasteiger partial charge in [-0.3, -0.25) is 14.9 Å². The van der Waals surface area contributed by atoms with Crippen LogP contribution in [0.4, 0.5) is 5.69 Å². The minimum Gasteiger partial charge on any atom is -0.374 e. The van der Waals surface area contributed by atoms with Gasteiger partial charge in [0.2, 0.25) is 12.0 Å². The molecule has 1 atom stereocenters. The van der Waals surface area contributed by atoms with Crippen molar-refractivity contribution in [2.45, 2.75) is 13.0 Å². The van der Waals surface area contributed by atoms with Gasteiger partial charge in [0.05, 0.1) is 16.8 Å². The molecule has 19 heavy (non-hydrogen) atoms. The van der Waals surface area contributed by atoms with Crippen molar-refractivity contribution < 1.29 is 14.5 Å². The van der Waals surface area contributed by atoms with E-state index in [-0.39, 0.29) is 16.6 Å². The number of pyridine rings is 1. The summed E-state index contributed by atoms with van der Waals surface area (Å²) < 4.78 is 4.92. The first-order valence-electron chi connectivity index (χ1n) is 5.26. The number of carbonyl (C=O) groups is 1. The third kappa shape index (κ3) is 4.31. The molecular weight excluding hydrogens is 274 g/mol. The van der Waals surface area contributed by atoms with E-state index >= 15 is 0 Å². The lowest BCUT2D eigenvalue weighted by Crippen LogP contribution is -2.21. The molecule has 0 saturated heterocycles. The molecular formula is C11H12ClN3O4. The number of carbonyl (C=O) groups excluding carboxylic acids is 1. The second-order valence-electron chi connectivity index (χ2n) is 3.52. The van der Waals surface area contributed by atoms with E-state index in [1.54, 1.807) is 6.92 Å². The minimum atomic E-state index is -0.689. The van der Waals surface area contributed by atoms with E-state index in [9.17, 15) is 14.9 Å². The summed E-state index contributed by atoms with van der Waals surface area (Å²) in [4.78, 5) is 25.5. The number of methoxy groups -OCH3 is 1. The second kappa shape index (κ2) is 6.81. The summed E-state index contributed by atoms with van der Waals surface area (Å²) in [5, 5.41) is 12.9. The highest BCUT2D eigenvalue weighted by atomic mass is 35.5. The number of ether oxygens (including phenoxy) is 1. The van der Waals surface area contributed by atoms with E-state index in [1.807, 2.05) is 0 Å². The largest absolute Gasteiger partial charge is 0.374 e. The normalized spacial score (nSPS) is 12.4. The predicted octanol–water partition coefficient (Wildman–Crippen LogP) is 2.11. The molecule has 102 valence electrons. The molecule has 8 heteroatoms. The smallest absolute Gasteiger partial charge is 0.250 e. The van der Waals surface area contributed by atoms with Crippen LogP contribution in [-0.4, -0.2) is 28.9 Å². The van der Waals surface area contributed by atoms with Crippen molar-refractivity contribution in [2.24, 2.45) is 0 Å². The van der Waals surface area contributed by atoms with Crippen molar-refractivity contribution in [1.82, 2.24) is 4.98 Å². The number of halogens is 1. The Labute approximate surface area is 114 Å². The molecule has 0 saturated carbocycles. The highest BCUT2D eigenvalue weighted by Crippen LogP contribution is 2.19. The fraction of sp³-hybridized carbons (Fsp3) is 0.273. The van der Waals surface area contributed by atoms with E-state index < -0.39 is 11.0 Å². The molecule has 0 fully saturated rings. The number of anilines is 1. The molecule has 7 nitrogen and oxygen atoms in total. The fourth-order valence-electron chi connectivity index (χ4n) is 1.23. The predicted molar refractivity (Wildman–Crippen MR) is 69.8 cm³/mol. The van der Waals surface area contributed by atoms with Crippen LogP contribution >= 0.6 is 11.6 Å². The van der Waals surface area contributed by atoms with Gasteiger partial charge in [-0.1, -0.05) is 11.6 Å². The topological polar surface area (TPSA) is 94.4 Å². The Kier molecular flexibility index (Phi) is 5.40. The summed E-state index contributed by atoms with van der Waals surface area (Å²) in [6, 6.07) is 2.98. The van der Waals surface area contributed by atoms with Crippen LogP contribution in [0, 0.1) is 10.1 Å². The van der Waals surface area contributed by atoms with Gasteiger partial charge in [0.15, 0.2) is 0 Å². The van der Waals surface area contributed by atoms with E-state index in [0.29, 0.717) is 11.9 Å². The molecule has 0 amide bonds. The Morgan fingerprint density at radius 2 is 2.32 bits per heavy atom. The molecule has 0 aromatic carbocycles. The molecule has 1 aromatic heterocycles. The quantitative estimate of drug-likeness (QED) is 0.372. The lowest BCUT2D eigenvalue weighted by molar-refractivity contribution is -0.402. The average molecular weight is 286 g/mol. The minimum absolute atomic E-state index is 0.0647. The van der Waals surface area contributed by atoms with Crippen LogP contribution in [0.25, 0.3) is 0 Å². The Bertz CT molecular complexity index is 519. The Morgan fingerprint density at radius 3 is 2.89 bits per heavy atom. The third-order valence-electron chi connectivity index (χ3n) is 2.25. The number of rotatable bonds is 6. The van der Waals surface area contributed by atoms with Gasteiger partial charge in [-0.05, 0) is 19.1 Å². The third-order valence-corrected chi connectivity index (χ3v) is 2.46. The van der Waals surface area contributed by atoms with Gasteiger partial charge in [0, 0.05) is 7.11 Å². The van der Waals surface area contributed by atoms with Crippen LogP contribution in [0.15, 0.2) is 24.5 Å². The highest BCUT2D eigenvalue weighted by molar-refractivity contribution is 6.29. The number of nitro groups is 1. The summed E-state index contributed by atoms with van der Waals surface area (Å²) in [5.41, 5.74) is 0.381. The Morgan fingerprint density at radius 1 is 1.63 bits per heavy atom. The van der Waals surface area contributed by atoms with Crippen molar-refractivity contribution >= 4 is 23.1 Å². The fourth-order valence-corrected chi connectivity index (χ4v) is 1.37. The maximum absolute atomic E-state index is 12.0. The van der Waals surface area contributed by atoms with Gasteiger partial charge in [0.25, 0.3) is 0 Å². The number of Topliss-reactive ketones (excluding diaryl/α,β-unsaturated/α-hetero) is 1. The lowest BCUT2D eigenvalue weighted by atomic mass is 10.1. The van der Waals surface area contributed by atoms with Gasteiger partial charge in [0.1, 0.15) is 17.0 Å². The first kappa shape index (κ1) is 15.1. The SMILES string of the molecule is COC(C)C(=O)c1nc(Cl)ccc1NC=C[N+](=O)[O-]. The summed E-state index contributed by atoms with van der Waals surface area (Å²) in [6.45, 7) is 1.57. The summed E-state index contributed by atoms with van der Waals surface area (Å²) in [5.74, 6) is -0.373. The molecule has 0 aliphatic rings. The maximum Gasteiger partial charge on any atom is 0.250 e. The molecule has 0 radical (unpaired) electrons. The van der Waals surface area contributed by atoms with Crippen LogP contribution in [0.3, 0.4) is 0 Å². The monoisotopic (exact) mass is 285 g/mol. The molecule has 1 heterocycles. The van der Waals surface area contributed by atoms with Gasteiger partial charge in [-0.15, -0.1) is 0 Å². The zero-order chi connectivity index (χ0) is 14.4. The van der Waals surface area contributed by atoms with Crippen molar-refractivity contribution in [1.29, 1.82) is 0 Å². The Balaban J connectivity index is 3.04. The van der Waals surface area contributed by atoms with Crippen molar-refractivity contribution in [3.05, 3.63) is 45.5 Å². The van der Waals surface area contributed by atoms with Gasteiger partial charge < -0.3 is 10.1 Å². The van der Waals surface area contributed by atoms with Crippen LogP contribution in [0.5, 0.6) is 0 Å². The maximum atomic E-state index is 12.0. The second-order valence-corrected chi connectivity index (χ2v) is 3.91. The van der Waals surface area contributed by atoms with E-state index in [4.69, 9.17) is 16.3 Å². The van der Waals surface area contributed by atoms with Gasteiger partial charge in [-0.25, -0.2) is 4.98 Å². The number of aromatic nitrogens is 1. The first-order valence-corrected chi connectivity index (χ1v) is 5.63. The van der Waals surface area contributed by atoms with E-state index in [1.165, 1.54) is 19.2 Å². The van der Waals surface area contributed by atoms with Gasteiger partial charge in [-0.2, -0.15) is 0 Å². The van der Waals surface area contributed by atoms with Crippen LogP contribution in [-0.2, 0) is 4.74 Å². The summed E-state index contributed by atoms with van der Waals surface area (Å²) >= 11 is 5.74. The molecule has 1 unspecified atom stereocenters. The molecule has 0 spiro atoms. The average Bonchev–Trinajstić information content (AvgIpc) is 2.38. The number of ketones is 1. The standard InChI is InChI=1S/C11H12ClN3O4/c1-7(19-2)11(16)10-8(3-4-9(12)14-10)13-5-6-15(17)18/h3-7,13H,1-2H3. The van der Waals surface area contributed by atoms with Crippen LogP contribution in [0.2, 0.25) is 5.15 Å². The molecule has 1 aromatic rings. The molecule has 1 rings (SSSR count). The van der Waals surface area contributed by atoms with Crippen LogP contribution in [0.1, 0.15) is 17.4 Å². The van der Waals surface area contributed by atoms with E-state index in [2.05, 4.69) is 10.3 Å². The summed E-state index contributed by atoms with van der Waals surface area (Å²) in [6.07, 6.45) is 1.12. The van der Waals surface area contributed by atoms with Crippen molar-refractivity contribution in [3.63, 3.8) is 0 Å². The molecule has 0 bridgehead atoms. The first-order chi connectivity index (χ1) is 8.95. The number of hydrogen-bond acceptors (Lipinski definition) is 6. The summed E-state index contributed by atoms with van der Waals surface area (Å²) in [7, 11) is 1.40. The van der Waals surface area contributed by atoms with E-state index in [0.717, 1.165) is 6.20 Å². The number of nitrogens with one attached hydrogen (secondary N) is 1. The molecule has 0 aliphatic heterocycles. The van der Waals surface area contributed by atoms with Crippen LogP contribution < -0.4 is 5.32 Å². The zero-order valence-electron chi connectivity index (χ0n) is 10.3. The highest BCUT2D eigenvalue weighted by Gasteiger charge is 2.20. The lowest BCUT2D eigenvalue weighted by Gasteiger charge is -2.11. The van der Waals surface area contributed by atoms with Crippen molar-refractivity contribution in [3.8, 4) is 0 Å². The van der Waals surface area contributed by atoms with Crippen molar-refractivity contribution in [2.75, 3.05) is 12.4 Å². The Hall–Kier alpha value is -1.99. The number of hydrogen-bond donors (Lipinski definition) is 1.